The number of aromatic nitrogens is 3. The second kappa shape index (κ2) is 4.04. The average Bonchev–Trinajstić information content (AvgIpc) is 2.81. The number of oxazole rings is 1. The number of halogens is 3. The van der Waals surface area contributed by atoms with Gasteiger partial charge in [-0.05, 0) is 18.2 Å². The molecule has 0 amide bonds. The number of hydrogen-bond acceptors (Lipinski definition) is 4. The monoisotopic (exact) mass is 265 g/mol. The van der Waals surface area contributed by atoms with Gasteiger partial charge in [0.25, 0.3) is 0 Å². The van der Waals surface area contributed by atoms with Crippen LogP contribution in [0.5, 0.6) is 0 Å². The summed E-state index contributed by atoms with van der Waals surface area (Å²) in [5.41, 5.74) is -0.152. The summed E-state index contributed by atoms with van der Waals surface area (Å²) < 4.78 is 42.9. The maximum absolute atomic E-state index is 12.5. The van der Waals surface area contributed by atoms with E-state index in [0.29, 0.717) is 5.56 Å². The number of hydrogen-bond donors (Lipinski definition) is 0. The predicted octanol–water partition coefficient (Wildman–Crippen LogP) is 3.30. The number of rotatable bonds is 1. The number of fused-ring (bicyclic) bond motifs is 1. The van der Waals surface area contributed by atoms with Crippen LogP contribution in [0, 0.1) is 0 Å². The minimum absolute atomic E-state index is 0.0619. The molecule has 19 heavy (non-hydrogen) atoms. The summed E-state index contributed by atoms with van der Waals surface area (Å²) in [6.07, 6.45) is -0.642. The summed E-state index contributed by atoms with van der Waals surface area (Å²) >= 11 is 0. The van der Waals surface area contributed by atoms with Gasteiger partial charge < -0.3 is 4.42 Å². The minimum Gasteiger partial charge on any atom is -0.418 e. The summed E-state index contributed by atoms with van der Waals surface area (Å²) in [5, 5.41) is 0. The predicted molar refractivity (Wildman–Crippen MR) is 60.0 cm³/mol. The first-order valence-corrected chi connectivity index (χ1v) is 5.28. The van der Waals surface area contributed by atoms with Gasteiger partial charge in [0, 0.05) is 18.6 Å². The van der Waals surface area contributed by atoms with Gasteiger partial charge in [0.1, 0.15) is 5.52 Å². The zero-order valence-electron chi connectivity index (χ0n) is 9.35. The van der Waals surface area contributed by atoms with Gasteiger partial charge in [0.05, 0.1) is 11.1 Å². The molecule has 0 aliphatic carbocycles. The van der Waals surface area contributed by atoms with Gasteiger partial charge in [-0.25, -0.2) is 9.97 Å². The first kappa shape index (κ1) is 11.6. The first-order chi connectivity index (χ1) is 9.04. The molecule has 0 fully saturated rings. The fourth-order valence-electron chi connectivity index (χ4n) is 1.59. The third kappa shape index (κ3) is 2.14. The third-order valence-corrected chi connectivity index (χ3v) is 2.48. The Labute approximate surface area is 104 Å². The highest BCUT2D eigenvalue weighted by Crippen LogP contribution is 2.31. The molecule has 0 bridgehead atoms. The summed E-state index contributed by atoms with van der Waals surface area (Å²) in [6.45, 7) is 0. The molecule has 0 saturated heterocycles. The normalized spacial score (nSPS) is 11.9. The fourth-order valence-corrected chi connectivity index (χ4v) is 1.59. The van der Waals surface area contributed by atoms with E-state index in [0.717, 1.165) is 12.3 Å². The molecule has 3 aromatic heterocycles. The molecule has 0 saturated carbocycles. The Kier molecular flexibility index (Phi) is 2.48. The fraction of sp³-hybridized carbons (Fsp3) is 0.0833. The van der Waals surface area contributed by atoms with Crippen molar-refractivity contribution in [1.29, 1.82) is 0 Å². The Bertz CT molecular complexity index is 722. The molecule has 0 aliphatic heterocycles. The van der Waals surface area contributed by atoms with Crippen molar-refractivity contribution in [3.05, 3.63) is 42.4 Å². The largest absolute Gasteiger partial charge is 0.418 e. The van der Waals surface area contributed by atoms with Gasteiger partial charge in [-0.15, -0.1) is 0 Å². The number of alkyl halides is 3. The van der Waals surface area contributed by atoms with Gasteiger partial charge in [-0.2, -0.15) is 13.2 Å². The van der Waals surface area contributed by atoms with Crippen LogP contribution < -0.4 is 0 Å². The number of pyridine rings is 2. The minimum atomic E-state index is -4.45. The van der Waals surface area contributed by atoms with E-state index >= 15 is 0 Å². The molecule has 0 atom stereocenters. The maximum Gasteiger partial charge on any atom is 0.417 e. The van der Waals surface area contributed by atoms with Crippen molar-refractivity contribution in [1.82, 2.24) is 15.0 Å². The Balaban J connectivity index is 2.12. The molecule has 0 aliphatic rings. The van der Waals surface area contributed by atoms with Crippen LogP contribution in [0.3, 0.4) is 0 Å². The third-order valence-electron chi connectivity index (χ3n) is 2.48. The molecule has 0 N–H and O–H groups in total. The Morgan fingerprint density at radius 3 is 2.68 bits per heavy atom. The smallest absolute Gasteiger partial charge is 0.417 e. The molecule has 0 aromatic carbocycles. The zero-order chi connectivity index (χ0) is 13.5. The van der Waals surface area contributed by atoms with E-state index < -0.39 is 11.7 Å². The van der Waals surface area contributed by atoms with E-state index in [4.69, 9.17) is 4.42 Å². The quantitative estimate of drug-likeness (QED) is 0.677. The van der Waals surface area contributed by atoms with Crippen molar-refractivity contribution in [2.24, 2.45) is 0 Å². The molecule has 3 rings (SSSR count). The van der Waals surface area contributed by atoms with Gasteiger partial charge in [0.2, 0.25) is 11.6 Å². The van der Waals surface area contributed by atoms with Crippen molar-refractivity contribution in [3.63, 3.8) is 0 Å². The van der Waals surface area contributed by atoms with Crippen LogP contribution in [0.25, 0.3) is 22.7 Å². The lowest BCUT2D eigenvalue weighted by Crippen LogP contribution is -2.04. The molecule has 4 nitrogen and oxygen atoms in total. The van der Waals surface area contributed by atoms with Crippen molar-refractivity contribution in [2.75, 3.05) is 0 Å². The van der Waals surface area contributed by atoms with Crippen LogP contribution in [-0.4, -0.2) is 15.0 Å². The molecule has 0 radical (unpaired) electrons. The Morgan fingerprint density at radius 1 is 1.16 bits per heavy atom. The zero-order valence-corrected chi connectivity index (χ0v) is 9.35. The number of nitrogens with zero attached hydrogens (tertiary/aromatic N) is 3. The molecular formula is C12H6F3N3O. The van der Waals surface area contributed by atoms with Crippen LogP contribution in [0.2, 0.25) is 0 Å². The lowest BCUT2D eigenvalue weighted by Gasteiger charge is -2.03. The van der Waals surface area contributed by atoms with E-state index in [1.54, 1.807) is 18.3 Å². The summed E-state index contributed by atoms with van der Waals surface area (Å²) in [7, 11) is 0. The van der Waals surface area contributed by atoms with Gasteiger partial charge >= 0.3 is 6.18 Å². The molecule has 3 aromatic rings. The van der Waals surface area contributed by atoms with Crippen molar-refractivity contribution >= 4 is 11.2 Å². The topological polar surface area (TPSA) is 51.8 Å². The highest BCUT2D eigenvalue weighted by atomic mass is 19.4. The molecule has 3 heterocycles. The lowest BCUT2D eigenvalue weighted by molar-refractivity contribution is -0.137. The molecule has 7 heteroatoms. The van der Waals surface area contributed by atoms with E-state index in [-0.39, 0.29) is 17.1 Å². The van der Waals surface area contributed by atoms with Crippen LogP contribution in [0.15, 0.2) is 41.2 Å². The van der Waals surface area contributed by atoms with E-state index in [9.17, 15) is 13.2 Å². The average molecular weight is 265 g/mol. The molecule has 0 unspecified atom stereocenters. The highest BCUT2D eigenvalue weighted by molar-refractivity contribution is 5.73. The van der Waals surface area contributed by atoms with Crippen LogP contribution in [0.4, 0.5) is 13.2 Å². The van der Waals surface area contributed by atoms with Gasteiger partial charge in [0.15, 0.2) is 0 Å². The Morgan fingerprint density at radius 2 is 2.00 bits per heavy atom. The van der Waals surface area contributed by atoms with Crippen LogP contribution in [-0.2, 0) is 6.18 Å². The molecule has 0 spiro atoms. The lowest BCUT2D eigenvalue weighted by atomic mass is 10.2. The Hall–Kier alpha value is -2.44. The second-order valence-corrected chi connectivity index (χ2v) is 3.81. The van der Waals surface area contributed by atoms with Crippen LogP contribution >= 0.6 is 0 Å². The van der Waals surface area contributed by atoms with Crippen LogP contribution in [0.1, 0.15) is 5.56 Å². The van der Waals surface area contributed by atoms with E-state index in [1.807, 2.05) is 0 Å². The van der Waals surface area contributed by atoms with Crippen molar-refractivity contribution < 1.29 is 17.6 Å². The highest BCUT2D eigenvalue weighted by Gasteiger charge is 2.31. The van der Waals surface area contributed by atoms with E-state index in [1.165, 1.54) is 6.20 Å². The standard InChI is InChI=1S/C12H6F3N3O/c13-12(14,15)8-4-9-11(17-6-8)19-10(18-9)7-2-1-3-16-5-7/h1-6H. The molecular weight excluding hydrogens is 259 g/mol. The van der Waals surface area contributed by atoms with Crippen molar-refractivity contribution in [3.8, 4) is 11.5 Å². The first-order valence-electron chi connectivity index (χ1n) is 5.28. The van der Waals surface area contributed by atoms with Gasteiger partial charge in [-0.3, -0.25) is 4.98 Å². The SMILES string of the molecule is FC(F)(F)c1cnc2oc(-c3cccnc3)nc2c1. The summed E-state index contributed by atoms with van der Waals surface area (Å²) in [5.74, 6) is 0.190. The molecule has 96 valence electrons. The van der Waals surface area contributed by atoms with Crippen molar-refractivity contribution in [2.45, 2.75) is 6.18 Å². The second-order valence-electron chi connectivity index (χ2n) is 3.81. The maximum atomic E-state index is 12.5. The van der Waals surface area contributed by atoms with Gasteiger partial charge in [-0.1, -0.05) is 0 Å². The summed E-state index contributed by atoms with van der Waals surface area (Å²) in [4.78, 5) is 11.5. The summed E-state index contributed by atoms with van der Waals surface area (Å²) in [6, 6.07) is 4.28. The van der Waals surface area contributed by atoms with E-state index in [2.05, 4.69) is 15.0 Å².